The van der Waals surface area contributed by atoms with E-state index in [4.69, 9.17) is 29.0 Å². The third-order valence-electron chi connectivity index (χ3n) is 11.2. The van der Waals surface area contributed by atoms with Gasteiger partial charge in [0.1, 0.15) is 0 Å². The van der Waals surface area contributed by atoms with Gasteiger partial charge in [-0.1, -0.05) is 206 Å². The van der Waals surface area contributed by atoms with Gasteiger partial charge in [0.25, 0.3) is 0 Å². The second-order valence-corrected chi connectivity index (χ2v) is 16.4. The van der Waals surface area contributed by atoms with E-state index in [1.54, 1.807) is 24.3 Å². The van der Waals surface area contributed by atoms with Crippen LogP contribution < -0.4 is 0 Å². The van der Waals surface area contributed by atoms with Crippen molar-refractivity contribution >= 4 is 18.1 Å². The van der Waals surface area contributed by atoms with Crippen LogP contribution in [0.3, 0.4) is 0 Å². The highest BCUT2D eigenvalue weighted by atomic mass is 17.2. The largest absolute Gasteiger partial charge is 0.513 e. The fraction of sp³-hybridized carbons (Fsp3) is 0.706. The van der Waals surface area contributed by atoms with E-state index in [2.05, 4.69) is 13.8 Å². The molecule has 0 saturated heterocycles. The van der Waals surface area contributed by atoms with Crippen molar-refractivity contribution in [2.75, 3.05) is 0 Å². The van der Waals surface area contributed by atoms with Crippen molar-refractivity contribution in [2.45, 2.75) is 233 Å². The standard InChI is InChI=1S/C51H82O9/c1-5-9-11-13-15-17-19-21-23-25-27-29-31-33-47(57-59-49(52)45-39-35-43(7-3)36-40-45)55-51(54)56-48(58-60-50(53)46-41-37-44(8-4)38-42-46)34-32-30-28-26-24-22-20-18-16-14-12-10-6-2/h35-42,47-48H,5-34H2,1-4H3. The minimum Gasteiger partial charge on any atom is -0.400 e. The quantitative estimate of drug-likeness (QED) is 0.0215. The summed E-state index contributed by atoms with van der Waals surface area (Å²) in [6, 6.07) is 14.2. The molecule has 0 heterocycles. The maximum absolute atomic E-state index is 13.2. The minimum absolute atomic E-state index is 0.308. The molecule has 0 aliphatic rings. The number of carbonyl (C=O) groups excluding carboxylic acids is 3. The predicted octanol–water partition coefficient (Wildman–Crippen LogP) is 15.5. The molecule has 0 aliphatic carbocycles. The molecule has 0 spiro atoms. The molecule has 0 radical (unpaired) electrons. The summed E-state index contributed by atoms with van der Waals surface area (Å²) in [5.74, 6) is -1.38. The highest BCUT2D eigenvalue weighted by Gasteiger charge is 2.25. The molecule has 9 nitrogen and oxygen atoms in total. The Labute approximate surface area is 364 Å². The summed E-state index contributed by atoms with van der Waals surface area (Å²) >= 11 is 0. The fourth-order valence-corrected chi connectivity index (χ4v) is 7.20. The Kier molecular flexibility index (Phi) is 31.8. The third-order valence-corrected chi connectivity index (χ3v) is 11.2. The van der Waals surface area contributed by atoms with E-state index in [1.807, 2.05) is 38.1 Å². The summed E-state index contributed by atoms with van der Waals surface area (Å²) < 4.78 is 11.1. The molecule has 0 bridgehead atoms. The molecule has 0 fully saturated rings. The average molecular weight is 839 g/mol. The van der Waals surface area contributed by atoms with Crippen LogP contribution in [0.5, 0.6) is 0 Å². The second kappa shape index (κ2) is 36.2. The molecule has 2 rings (SSSR count). The van der Waals surface area contributed by atoms with Crippen molar-refractivity contribution in [2.24, 2.45) is 0 Å². The molecule has 0 N–H and O–H groups in total. The Hall–Kier alpha value is -3.43. The van der Waals surface area contributed by atoms with Crippen LogP contribution in [0, 0.1) is 0 Å². The van der Waals surface area contributed by atoms with Gasteiger partial charge in [-0.3, -0.25) is 9.78 Å². The van der Waals surface area contributed by atoms with Gasteiger partial charge in [-0.25, -0.2) is 14.4 Å². The van der Waals surface area contributed by atoms with Gasteiger partial charge >= 0.3 is 18.1 Å². The Morgan fingerprint density at radius 1 is 0.383 bits per heavy atom. The number of carbonyl (C=O) groups is 3. The van der Waals surface area contributed by atoms with Crippen LogP contribution in [0.4, 0.5) is 4.79 Å². The fourth-order valence-electron chi connectivity index (χ4n) is 7.20. The van der Waals surface area contributed by atoms with Gasteiger partial charge in [-0.05, 0) is 61.1 Å². The molecule has 9 heteroatoms. The van der Waals surface area contributed by atoms with Crippen LogP contribution >= 0.6 is 0 Å². The molecular formula is C51H82O9. The van der Waals surface area contributed by atoms with Gasteiger partial charge in [-0.2, -0.15) is 0 Å². The van der Waals surface area contributed by atoms with Crippen molar-refractivity contribution in [3.63, 3.8) is 0 Å². The van der Waals surface area contributed by atoms with Gasteiger partial charge in [0.15, 0.2) is 0 Å². The van der Waals surface area contributed by atoms with Gasteiger partial charge in [0.2, 0.25) is 12.6 Å². The molecule has 2 atom stereocenters. The Morgan fingerprint density at radius 3 is 0.917 bits per heavy atom. The van der Waals surface area contributed by atoms with Gasteiger partial charge in [-0.15, -0.1) is 9.78 Å². The Morgan fingerprint density at radius 2 is 0.650 bits per heavy atom. The third kappa shape index (κ3) is 26.7. The highest BCUT2D eigenvalue weighted by Crippen LogP contribution is 2.19. The van der Waals surface area contributed by atoms with Crippen LogP contribution in [-0.2, 0) is 41.9 Å². The molecule has 0 aromatic heterocycles. The lowest BCUT2D eigenvalue weighted by Gasteiger charge is -2.20. The predicted molar refractivity (Wildman–Crippen MR) is 240 cm³/mol. The smallest absolute Gasteiger partial charge is 0.400 e. The van der Waals surface area contributed by atoms with E-state index in [0.717, 1.165) is 62.5 Å². The van der Waals surface area contributed by atoms with E-state index in [9.17, 15) is 14.4 Å². The summed E-state index contributed by atoms with van der Waals surface area (Å²) in [5, 5.41) is 0. The number of unbranched alkanes of at least 4 members (excludes halogenated alkanes) is 24. The van der Waals surface area contributed by atoms with E-state index in [0.29, 0.717) is 36.8 Å². The number of rotatable bonds is 38. The molecule has 60 heavy (non-hydrogen) atoms. The first-order valence-electron chi connectivity index (χ1n) is 24.2. The highest BCUT2D eigenvalue weighted by molar-refractivity contribution is 5.89. The topological polar surface area (TPSA) is 107 Å². The molecular weight excluding hydrogens is 757 g/mol. The average Bonchev–Trinajstić information content (AvgIpc) is 3.27. The lowest BCUT2D eigenvalue weighted by atomic mass is 10.0. The van der Waals surface area contributed by atoms with Crippen LogP contribution in [-0.4, -0.2) is 30.7 Å². The van der Waals surface area contributed by atoms with Gasteiger partial charge in [0.05, 0.1) is 11.1 Å². The first-order chi connectivity index (χ1) is 29.4. The summed E-state index contributed by atoms with van der Waals surface area (Å²) in [5.41, 5.74) is 2.84. The van der Waals surface area contributed by atoms with E-state index in [-0.39, 0.29) is 0 Å². The number of hydrogen-bond donors (Lipinski definition) is 0. The summed E-state index contributed by atoms with van der Waals surface area (Å²) in [4.78, 5) is 60.0. The minimum atomic E-state index is -1.19. The Bertz CT molecular complexity index is 1240. The maximum atomic E-state index is 13.2. The second-order valence-electron chi connectivity index (χ2n) is 16.4. The monoisotopic (exact) mass is 839 g/mol. The Balaban J connectivity index is 1.90. The molecule has 0 aliphatic heterocycles. The molecule has 2 aromatic carbocycles. The first-order valence-corrected chi connectivity index (χ1v) is 24.2. The van der Waals surface area contributed by atoms with Crippen LogP contribution in [0.15, 0.2) is 48.5 Å². The van der Waals surface area contributed by atoms with Crippen LogP contribution in [0.25, 0.3) is 0 Å². The van der Waals surface area contributed by atoms with Crippen molar-refractivity contribution < 1.29 is 43.4 Å². The number of ether oxygens (including phenoxy) is 2. The normalized spacial score (nSPS) is 12.2. The maximum Gasteiger partial charge on any atom is 0.513 e. The van der Waals surface area contributed by atoms with Crippen LogP contribution in [0.2, 0.25) is 0 Å². The zero-order valence-corrected chi connectivity index (χ0v) is 38.2. The zero-order valence-electron chi connectivity index (χ0n) is 38.2. The van der Waals surface area contributed by atoms with Crippen molar-refractivity contribution in [1.82, 2.24) is 0 Å². The molecule has 2 aromatic rings. The SMILES string of the molecule is CCCCCCCCCCCCCCCC(OOC(=O)c1ccc(CC)cc1)OC(=O)OC(CCCCCCCCCCCCCCC)OOC(=O)c1ccc(CC)cc1. The first kappa shape index (κ1) is 52.7. The van der Waals surface area contributed by atoms with Crippen LogP contribution in [0.1, 0.15) is 239 Å². The lowest BCUT2D eigenvalue weighted by Crippen LogP contribution is -2.28. The summed E-state index contributed by atoms with van der Waals surface area (Å²) in [6.45, 7) is 8.58. The number of aryl methyl sites for hydroxylation is 2. The van der Waals surface area contributed by atoms with Crippen molar-refractivity contribution in [3.05, 3.63) is 70.8 Å². The van der Waals surface area contributed by atoms with E-state index in [1.165, 1.54) is 116 Å². The van der Waals surface area contributed by atoms with E-state index < -0.39 is 30.7 Å². The summed E-state index contributed by atoms with van der Waals surface area (Å²) in [6.07, 6.45) is 30.0. The van der Waals surface area contributed by atoms with E-state index >= 15 is 0 Å². The molecule has 340 valence electrons. The number of benzene rings is 2. The lowest BCUT2D eigenvalue weighted by molar-refractivity contribution is -0.348. The molecule has 0 saturated carbocycles. The number of hydrogen-bond acceptors (Lipinski definition) is 9. The molecule has 0 amide bonds. The van der Waals surface area contributed by atoms with Crippen molar-refractivity contribution in [1.29, 1.82) is 0 Å². The summed E-state index contributed by atoms with van der Waals surface area (Å²) in [7, 11) is 0. The van der Waals surface area contributed by atoms with Crippen molar-refractivity contribution in [3.8, 4) is 0 Å². The molecule has 2 unspecified atom stereocenters. The van der Waals surface area contributed by atoms with Gasteiger partial charge in [0, 0.05) is 12.8 Å². The zero-order chi connectivity index (χ0) is 43.3. The van der Waals surface area contributed by atoms with Gasteiger partial charge < -0.3 is 9.47 Å².